The Kier molecular flexibility index (Phi) is 7.99. The highest BCUT2D eigenvalue weighted by Gasteiger charge is 2.60. The minimum absolute atomic E-state index is 0.0161. The maximum Gasteiger partial charge on any atom is 0.314 e. The molecule has 7 atom stereocenters. The summed E-state index contributed by atoms with van der Waals surface area (Å²) in [5.41, 5.74) is 0.441. The van der Waals surface area contributed by atoms with Crippen LogP contribution in [0.15, 0.2) is 12.2 Å². The van der Waals surface area contributed by atoms with Gasteiger partial charge in [0.25, 0.3) is 0 Å². The molecule has 192 valence electrons. The SMILES string of the molecule is CCCCCCCCNC(=O)NCC1CC[C@H]2[C@@H]3CCC4N(C)C(=O)C=C[C@]4(C)[C@@H]3CC[C@]12C. The summed E-state index contributed by atoms with van der Waals surface area (Å²) in [5, 5.41) is 6.31. The van der Waals surface area contributed by atoms with Crippen molar-refractivity contribution in [1.82, 2.24) is 15.5 Å². The summed E-state index contributed by atoms with van der Waals surface area (Å²) in [6.45, 7) is 8.77. The zero-order valence-corrected chi connectivity index (χ0v) is 22.2. The van der Waals surface area contributed by atoms with Gasteiger partial charge in [0.1, 0.15) is 0 Å². The summed E-state index contributed by atoms with van der Waals surface area (Å²) >= 11 is 0. The van der Waals surface area contributed by atoms with E-state index < -0.39 is 0 Å². The van der Waals surface area contributed by atoms with Crippen LogP contribution in [0, 0.1) is 34.5 Å². The van der Waals surface area contributed by atoms with E-state index >= 15 is 0 Å². The molecular formula is C29H49N3O2. The number of unbranched alkanes of at least 4 members (excludes halogenated alkanes) is 5. The Morgan fingerprint density at radius 3 is 2.56 bits per heavy atom. The Balaban J connectivity index is 1.28. The molecule has 2 N–H and O–H groups in total. The Morgan fingerprint density at radius 2 is 1.76 bits per heavy atom. The molecule has 0 aromatic heterocycles. The van der Waals surface area contributed by atoms with Crippen molar-refractivity contribution in [1.29, 1.82) is 0 Å². The number of nitrogens with zero attached hydrogens (tertiary/aromatic N) is 1. The molecule has 3 fully saturated rings. The third-order valence-corrected chi connectivity index (χ3v) is 10.6. The molecule has 4 rings (SSSR count). The van der Waals surface area contributed by atoms with Crippen LogP contribution in [0.5, 0.6) is 0 Å². The molecule has 2 unspecified atom stereocenters. The molecule has 1 aliphatic heterocycles. The first-order valence-corrected chi connectivity index (χ1v) is 14.3. The Hall–Kier alpha value is -1.52. The van der Waals surface area contributed by atoms with Gasteiger partial charge >= 0.3 is 6.03 Å². The van der Waals surface area contributed by atoms with Crippen LogP contribution in [0.4, 0.5) is 4.79 Å². The monoisotopic (exact) mass is 471 g/mol. The number of carbonyl (C=O) groups is 2. The van der Waals surface area contributed by atoms with E-state index in [0.717, 1.165) is 37.8 Å². The van der Waals surface area contributed by atoms with Crippen LogP contribution < -0.4 is 10.6 Å². The van der Waals surface area contributed by atoms with Gasteiger partial charge in [-0.15, -0.1) is 0 Å². The second-order valence-corrected chi connectivity index (χ2v) is 12.3. The maximum absolute atomic E-state index is 12.4. The zero-order chi connectivity index (χ0) is 24.3. The van der Waals surface area contributed by atoms with E-state index in [-0.39, 0.29) is 17.4 Å². The molecule has 0 aromatic carbocycles. The normalized spacial score (nSPS) is 38.8. The fourth-order valence-corrected chi connectivity index (χ4v) is 8.57. The fourth-order valence-electron chi connectivity index (χ4n) is 8.57. The van der Waals surface area contributed by atoms with Crippen molar-refractivity contribution in [3.63, 3.8) is 0 Å². The molecule has 4 aliphatic rings. The van der Waals surface area contributed by atoms with Gasteiger partial charge in [0.05, 0.1) is 0 Å². The number of likely N-dealkylation sites (N-methyl/N-ethyl adjacent to an activating group) is 1. The Bertz CT molecular complexity index is 766. The molecule has 1 heterocycles. The van der Waals surface area contributed by atoms with E-state index in [0.29, 0.717) is 23.3 Å². The zero-order valence-electron chi connectivity index (χ0n) is 22.2. The lowest BCUT2D eigenvalue weighted by atomic mass is 9.47. The number of hydrogen-bond donors (Lipinski definition) is 2. The van der Waals surface area contributed by atoms with Crippen molar-refractivity contribution in [2.45, 2.75) is 104 Å². The summed E-state index contributed by atoms with van der Waals surface area (Å²) < 4.78 is 0. The Labute approximate surface area is 207 Å². The number of urea groups is 1. The molecule has 5 nitrogen and oxygen atoms in total. The number of carbonyl (C=O) groups excluding carboxylic acids is 2. The van der Waals surface area contributed by atoms with Crippen LogP contribution in [-0.2, 0) is 4.79 Å². The van der Waals surface area contributed by atoms with Gasteiger partial charge < -0.3 is 15.5 Å². The van der Waals surface area contributed by atoms with Crippen molar-refractivity contribution in [2.75, 3.05) is 20.1 Å². The van der Waals surface area contributed by atoms with E-state index in [1.807, 2.05) is 18.0 Å². The standard InChI is InChI=1S/C29H49N3O2/c1-5-6-7-8-9-10-19-30-27(34)31-20-21-11-13-23-22-12-14-25-29(3,18-16-26(33)32(25)4)24(22)15-17-28(21,23)2/h16,18,21-25H,5-15,17,19-20H2,1-4H3,(H2,30,31,34)/t21?,22-,23-,24+,25?,28+,29+/m0/s1. The second-order valence-electron chi connectivity index (χ2n) is 12.3. The smallest absolute Gasteiger partial charge is 0.314 e. The molecule has 0 saturated heterocycles. The average molecular weight is 472 g/mol. The first-order valence-electron chi connectivity index (χ1n) is 14.3. The highest BCUT2D eigenvalue weighted by Crippen LogP contribution is 2.65. The lowest BCUT2D eigenvalue weighted by Gasteiger charge is -2.60. The maximum atomic E-state index is 12.4. The summed E-state index contributed by atoms with van der Waals surface area (Å²) in [7, 11) is 2.00. The predicted molar refractivity (Wildman–Crippen MR) is 138 cm³/mol. The van der Waals surface area contributed by atoms with Crippen molar-refractivity contribution in [2.24, 2.45) is 34.5 Å². The van der Waals surface area contributed by atoms with Gasteiger partial charge in [-0.2, -0.15) is 0 Å². The van der Waals surface area contributed by atoms with Crippen LogP contribution in [0.2, 0.25) is 0 Å². The topological polar surface area (TPSA) is 61.4 Å². The van der Waals surface area contributed by atoms with Crippen LogP contribution in [0.3, 0.4) is 0 Å². The van der Waals surface area contributed by atoms with Crippen molar-refractivity contribution >= 4 is 11.9 Å². The number of nitrogens with one attached hydrogen (secondary N) is 2. The summed E-state index contributed by atoms with van der Waals surface area (Å²) in [6, 6.07) is 0.368. The lowest BCUT2D eigenvalue weighted by Crippen LogP contribution is -2.59. The van der Waals surface area contributed by atoms with E-state index in [1.54, 1.807) is 0 Å². The first-order chi connectivity index (χ1) is 16.3. The van der Waals surface area contributed by atoms with E-state index in [2.05, 4.69) is 37.5 Å². The van der Waals surface area contributed by atoms with Gasteiger partial charge in [-0.05, 0) is 80.1 Å². The minimum atomic E-state index is 0.0161. The van der Waals surface area contributed by atoms with Crippen LogP contribution in [0.1, 0.15) is 97.8 Å². The van der Waals surface area contributed by atoms with Gasteiger partial charge in [-0.3, -0.25) is 4.79 Å². The first kappa shape index (κ1) is 25.6. The number of rotatable bonds is 9. The van der Waals surface area contributed by atoms with E-state index in [1.165, 1.54) is 64.2 Å². The largest absolute Gasteiger partial charge is 0.338 e. The third-order valence-electron chi connectivity index (χ3n) is 10.6. The fraction of sp³-hybridized carbons (Fsp3) is 0.862. The van der Waals surface area contributed by atoms with Crippen molar-refractivity contribution in [3.8, 4) is 0 Å². The second kappa shape index (κ2) is 10.6. The molecule has 0 radical (unpaired) electrons. The highest BCUT2D eigenvalue weighted by atomic mass is 16.2. The van der Waals surface area contributed by atoms with Crippen molar-refractivity contribution in [3.05, 3.63) is 12.2 Å². The van der Waals surface area contributed by atoms with Gasteiger partial charge in [0, 0.05) is 31.6 Å². The Morgan fingerprint density at radius 1 is 1.00 bits per heavy atom. The molecule has 3 amide bonds. The van der Waals surface area contributed by atoms with E-state index in [9.17, 15) is 9.59 Å². The third kappa shape index (κ3) is 4.78. The summed E-state index contributed by atoms with van der Waals surface area (Å²) in [4.78, 5) is 26.7. The van der Waals surface area contributed by atoms with E-state index in [4.69, 9.17) is 0 Å². The van der Waals surface area contributed by atoms with Gasteiger partial charge in [-0.25, -0.2) is 4.79 Å². The summed E-state index contributed by atoms with van der Waals surface area (Å²) in [5.74, 6) is 2.91. The quantitative estimate of drug-likeness (QED) is 0.411. The number of amides is 3. The van der Waals surface area contributed by atoms with Gasteiger partial charge in [0.2, 0.25) is 5.91 Å². The molecular weight excluding hydrogens is 422 g/mol. The predicted octanol–water partition coefficient (Wildman–Crippen LogP) is 5.90. The van der Waals surface area contributed by atoms with Gasteiger partial charge in [0.15, 0.2) is 0 Å². The van der Waals surface area contributed by atoms with Crippen molar-refractivity contribution < 1.29 is 9.59 Å². The molecule has 34 heavy (non-hydrogen) atoms. The highest BCUT2D eigenvalue weighted by molar-refractivity contribution is 5.89. The van der Waals surface area contributed by atoms with Crippen LogP contribution >= 0.6 is 0 Å². The molecule has 3 saturated carbocycles. The number of fused-ring (bicyclic) bond motifs is 5. The number of hydrogen-bond acceptors (Lipinski definition) is 2. The minimum Gasteiger partial charge on any atom is -0.338 e. The molecule has 0 aromatic rings. The van der Waals surface area contributed by atoms with Crippen LogP contribution in [0.25, 0.3) is 0 Å². The lowest BCUT2D eigenvalue weighted by molar-refractivity contribution is -0.138. The summed E-state index contributed by atoms with van der Waals surface area (Å²) in [6.07, 6.45) is 19.0. The van der Waals surface area contributed by atoms with Gasteiger partial charge in [-0.1, -0.05) is 59.0 Å². The molecule has 3 aliphatic carbocycles. The molecule has 0 bridgehead atoms. The molecule has 0 spiro atoms. The van der Waals surface area contributed by atoms with Crippen LogP contribution in [-0.4, -0.2) is 43.0 Å². The molecule has 5 heteroatoms. The average Bonchev–Trinajstić information content (AvgIpc) is 3.16.